The first-order valence-electron chi connectivity index (χ1n) is 9.12. The van der Waals surface area contributed by atoms with Crippen LogP contribution in [0.5, 0.6) is 0 Å². The Morgan fingerprint density at radius 1 is 1.14 bits per heavy atom. The van der Waals surface area contributed by atoms with E-state index in [2.05, 4.69) is 47.0 Å². The smallest absolute Gasteiger partial charge is 0.164 e. The Labute approximate surface area is 183 Å². The van der Waals surface area contributed by atoms with E-state index < -0.39 is 5.41 Å². The molecule has 2 aliphatic heterocycles. The van der Waals surface area contributed by atoms with Gasteiger partial charge in [0.05, 0.1) is 0 Å². The summed E-state index contributed by atoms with van der Waals surface area (Å²) in [5.41, 5.74) is 2.78. The van der Waals surface area contributed by atoms with Gasteiger partial charge in [0, 0.05) is 42.7 Å². The Kier molecular flexibility index (Phi) is 7.87. The van der Waals surface area contributed by atoms with Gasteiger partial charge in [-0.05, 0) is 13.2 Å². The van der Waals surface area contributed by atoms with Gasteiger partial charge in [0.25, 0.3) is 0 Å². The zero-order chi connectivity index (χ0) is 20.4. The second-order valence-electron chi connectivity index (χ2n) is 8.91. The first-order valence-corrected chi connectivity index (χ1v) is 9.12. The minimum absolute atomic E-state index is 0. The summed E-state index contributed by atoms with van der Waals surface area (Å²) in [4.78, 5) is 15.7. The summed E-state index contributed by atoms with van der Waals surface area (Å²) < 4.78 is 0. The van der Waals surface area contributed by atoms with Crippen LogP contribution < -0.4 is 4.90 Å². The number of benzene rings is 1. The molecule has 3 rings (SSSR count). The monoisotopic (exact) mass is 559 g/mol. The second kappa shape index (κ2) is 9.11. The minimum atomic E-state index is -0.417. The van der Waals surface area contributed by atoms with Gasteiger partial charge in [-0.3, -0.25) is 4.79 Å². The molecule has 1 aromatic carbocycles. The molecule has 0 aliphatic carbocycles. The van der Waals surface area contributed by atoms with Crippen LogP contribution in [0.4, 0.5) is 5.69 Å². The molecule has 0 atom stereocenters. The van der Waals surface area contributed by atoms with Crippen molar-refractivity contribution in [3.8, 4) is 0 Å². The predicted octanol–water partition coefficient (Wildman–Crippen LogP) is 5.31. The van der Waals surface area contributed by atoms with Crippen LogP contribution in [0.25, 0.3) is 6.08 Å². The fourth-order valence-corrected chi connectivity index (χ4v) is 2.38. The normalized spacial score (nSPS) is 15.7. The second-order valence-corrected chi connectivity index (χ2v) is 8.91. The summed E-state index contributed by atoms with van der Waals surface area (Å²) in [5.74, 6) is 0.104. The fourth-order valence-electron chi connectivity index (χ4n) is 2.38. The number of anilines is 1. The van der Waals surface area contributed by atoms with Gasteiger partial charge in [-0.1, -0.05) is 53.3 Å². The summed E-state index contributed by atoms with van der Waals surface area (Å²) in [6.07, 6.45) is 7.68. The molecule has 0 amide bonds. The molecule has 1 N–H and O–H groups in total. The first-order chi connectivity index (χ1) is 12.4. The van der Waals surface area contributed by atoms with Crippen molar-refractivity contribution in [1.29, 1.82) is 0 Å². The molecule has 2 aliphatic rings. The number of fused-ring (bicyclic) bond motifs is 3. The van der Waals surface area contributed by atoms with Gasteiger partial charge in [0.2, 0.25) is 0 Å². The van der Waals surface area contributed by atoms with Crippen LogP contribution in [0.2, 0.25) is 0 Å². The van der Waals surface area contributed by atoms with Gasteiger partial charge >= 0.3 is 0 Å². The van der Waals surface area contributed by atoms with Crippen molar-refractivity contribution in [1.82, 2.24) is 4.90 Å². The van der Waals surface area contributed by atoms with Gasteiger partial charge in [-0.2, -0.15) is 30.9 Å². The van der Waals surface area contributed by atoms with Crippen LogP contribution in [-0.4, -0.2) is 22.8 Å². The van der Waals surface area contributed by atoms with E-state index in [0.29, 0.717) is 0 Å². The van der Waals surface area contributed by atoms with Crippen LogP contribution >= 0.6 is 0 Å². The number of hydrogen-bond acceptors (Lipinski definition) is 4. The number of hydrogen-bond donors (Lipinski definition) is 1. The quantitative estimate of drug-likeness (QED) is 0.288. The van der Waals surface area contributed by atoms with Crippen molar-refractivity contribution in [3.05, 3.63) is 66.3 Å². The molecule has 1 aromatic rings. The average Bonchev–Trinajstić information content (AvgIpc) is 2.94. The number of ketones is 1. The van der Waals surface area contributed by atoms with E-state index in [-0.39, 0.29) is 37.1 Å². The molecule has 155 valence electrons. The molecule has 0 saturated heterocycles. The maximum absolute atomic E-state index is 11.5. The molecule has 0 fully saturated rings. The first kappa shape index (κ1) is 24.2. The van der Waals surface area contributed by atoms with E-state index in [9.17, 15) is 9.90 Å². The Bertz CT molecular complexity index is 796. The third-order valence-electron chi connectivity index (χ3n) is 4.23. The van der Waals surface area contributed by atoms with Crippen molar-refractivity contribution in [3.63, 3.8) is 0 Å². The number of rotatable bonds is 1. The number of nitrogens with zero attached hydrogens (tertiary/aromatic N) is 2. The number of carbonyl (C=O) groups is 1. The maximum atomic E-state index is 11.5. The molecular weight excluding hydrogens is 528 g/mol. The largest absolute Gasteiger partial charge is 0.512 e. The van der Waals surface area contributed by atoms with E-state index in [0.717, 1.165) is 5.69 Å². The zero-order valence-corrected chi connectivity index (χ0v) is 20.1. The molecule has 4 nitrogen and oxygen atoms in total. The van der Waals surface area contributed by atoms with Gasteiger partial charge in [0.15, 0.2) is 5.78 Å². The van der Waals surface area contributed by atoms with E-state index in [1.54, 1.807) is 0 Å². The molecule has 2 heterocycles. The Hall–Kier alpha value is -1.84. The summed E-state index contributed by atoms with van der Waals surface area (Å²) in [6.45, 7) is 13.2. The molecular formula is C23H30IrN2O2-2. The topological polar surface area (TPSA) is 43.8 Å². The molecule has 0 aromatic heterocycles. The maximum Gasteiger partial charge on any atom is 0.164 e. The van der Waals surface area contributed by atoms with Crippen molar-refractivity contribution in [2.24, 2.45) is 10.8 Å². The summed E-state index contributed by atoms with van der Waals surface area (Å²) in [5, 5.41) is 9.56. The van der Waals surface area contributed by atoms with Crippen LogP contribution in [-0.2, 0) is 24.9 Å². The minimum Gasteiger partial charge on any atom is -0.512 e. The van der Waals surface area contributed by atoms with Crippen molar-refractivity contribution in [2.45, 2.75) is 41.5 Å². The Balaban J connectivity index is 0.000000272. The standard InChI is InChI=1S/C12H10N2.C11H20O2.Ir/c1-13-8-11-7-6-10-4-2-3-5-12(10)14(11)9-13;1-10(2,3)8(12)7-9(13)11(4,5)6;/h2-4,6-9H,1H3;7,12H,1-6H3;/q-2;;/b;8-7-;. The van der Waals surface area contributed by atoms with Gasteiger partial charge in [0.1, 0.15) is 5.76 Å². The molecule has 1 radical (unpaired) electrons. The number of aliphatic hydroxyl groups excluding tert-OH is 1. The van der Waals surface area contributed by atoms with Crippen molar-refractivity contribution in [2.75, 3.05) is 11.9 Å². The van der Waals surface area contributed by atoms with Crippen molar-refractivity contribution >= 4 is 17.5 Å². The van der Waals surface area contributed by atoms with Gasteiger partial charge < -0.3 is 14.9 Å². The van der Waals surface area contributed by atoms with Crippen LogP contribution in [0.1, 0.15) is 47.1 Å². The van der Waals surface area contributed by atoms with Gasteiger partial charge in [-0.15, -0.1) is 11.6 Å². The summed E-state index contributed by atoms with van der Waals surface area (Å²) in [6, 6.07) is 9.32. The van der Waals surface area contributed by atoms with Crippen LogP contribution in [0.3, 0.4) is 0 Å². The molecule has 5 heteroatoms. The Morgan fingerprint density at radius 3 is 2.36 bits per heavy atom. The molecule has 0 spiro atoms. The number of aliphatic hydroxyl groups is 1. The van der Waals surface area contributed by atoms with Crippen molar-refractivity contribution < 1.29 is 30.0 Å². The summed E-state index contributed by atoms with van der Waals surface area (Å²) in [7, 11) is 2.03. The van der Waals surface area contributed by atoms with E-state index in [1.165, 1.54) is 17.3 Å². The van der Waals surface area contributed by atoms with Crippen LogP contribution in [0.15, 0.2) is 48.0 Å². The number of carbonyl (C=O) groups excluding carboxylic acids is 1. The van der Waals surface area contributed by atoms with Crippen LogP contribution in [0, 0.1) is 23.6 Å². The van der Waals surface area contributed by atoms with E-state index in [4.69, 9.17) is 0 Å². The number of para-hydroxylation sites is 1. The third kappa shape index (κ3) is 6.08. The van der Waals surface area contributed by atoms with Gasteiger partial charge in [-0.25, -0.2) is 0 Å². The SMILES string of the molecule is CC(C)(C)C(=O)/C=C(\O)C(C)(C)C.CN1C=C2C=Cc3ccc[c-]c3N2[CH-]1.[Ir]. The van der Waals surface area contributed by atoms with E-state index >= 15 is 0 Å². The third-order valence-corrected chi connectivity index (χ3v) is 4.23. The molecule has 0 saturated carbocycles. The average molecular weight is 559 g/mol. The van der Waals surface area contributed by atoms with E-state index in [1.807, 2.05) is 60.7 Å². The molecule has 28 heavy (non-hydrogen) atoms. The number of allylic oxidation sites excluding steroid dienone is 3. The Morgan fingerprint density at radius 2 is 1.79 bits per heavy atom. The summed E-state index contributed by atoms with van der Waals surface area (Å²) >= 11 is 0. The molecule has 0 unspecified atom stereocenters. The molecule has 0 bridgehead atoms. The fraction of sp³-hybridized carbons (Fsp3) is 0.391. The predicted molar refractivity (Wildman–Crippen MR) is 112 cm³/mol. The zero-order valence-electron chi connectivity index (χ0n) is 17.7.